The van der Waals surface area contributed by atoms with Gasteiger partial charge in [0.25, 0.3) is 0 Å². The Labute approximate surface area is 129 Å². The molecule has 21 heavy (non-hydrogen) atoms. The highest BCUT2D eigenvalue weighted by molar-refractivity contribution is 7.15. The molecule has 1 atom stereocenters. The molecule has 0 radical (unpaired) electrons. The van der Waals surface area contributed by atoms with Crippen LogP contribution in [0, 0.1) is 0 Å². The normalized spacial score (nSPS) is 19.4. The molecule has 1 aromatic rings. The molecular weight excluding hydrogens is 288 g/mol. The molecule has 6 nitrogen and oxygen atoms in total. The Morgan fingerprint density at radius 3 is 2.86 bits per heavy atom. The van der Waals surface area contributed by atoms with Crippen LogP contribution in [0.15, 0.2) is 0 Å². The monoisotopic (exact) mass is 312 g/mol. The summed E-state index contributed by atoms with van der Waals surface area (Å²) in [6.45, 7) is 9.13. The average Bonchev–Trinajstić information content (AvgIpc) is 2.85. The number of nitrogens with zero attached hydrogens (tertiary/aromatic N) is 3. The summed E-state index contributed by atoms with van der Waals surface area (Å²) in [5, 5.41) is 13.5. The van der Waals surface area contributed by atoms with Crippen molar-refractivity contribution in [3.05, 3.63) is 5.01 Å². The first kappa shape index (κ1) is 16.0. The predicted molar refractivity (Wildman–Crippen MR) is 83.7 cm³/mol. The zero-order valence-corrected chi connectivity index (χ0v) is 14.0. The van der Waals surface area contributed by atoms with E-state index in [0.717, 1.165) is 35.9 Å². The first-order valence-electron chi connectivity index (χ1n) is 7.44. The van der Waals surface area contributed by atoms with Gasteiger partial charge in [0, 0.05) is 19.1 Å². The van der Waals surface area contributed by atoms with E-state index in [1.165, 1.54) is 0 Å². The third kappa shape index (κ3) is 4.84. The number of amides is 1. The van der Waals surface area contributed by atoms with Gasteiger partial charge in [0.05, 0.1) is 0 Å². The summed E-state index contributed by atoms with van der Waals surface area (Å²) >= 11 is 1.58. The van der Waals surface area contributed by atoms with E-state index in [1.54, 1.807) is 16.2 Å². The number of aryl methyl sites for hydroxylation is 1. The summed E-state index contributed by atoms with van der Waals surface area (Å²) in [5.41, 5.74) is -0.452. The molecule has 7 heteroatoms. The van der Waals surface area contributed by atoms with E-state index in [-0.39, 0.29) is 12.1 Å². The lowest BCUT2D eigenvalue weighted by molar-refractivity contribution is 0.0206. The number of likely N-dealkylation sites (tertiary alicyclic amines) is 1. The van der Waals surface area contributed by atoms with E-state index < -0.39 is 5.60 Å². The predicted octanol–water partition coefficient (Wildman–Crippen LogP) is 2.91. The molecule has 1 fully saturated rings. The molecule has 0 aromatic carbocycles. The van der Waals surface area contributed by atoms with Crippen LogP contribution in [0.2, 0.25) is 0 Å². The van der Waals surface area contributed by atoms with E-state index in [9.17, 15) is 4.79 Å². The Bertz CT molecular complexity index is 484. The van der Waals surface area contributed by atoms with Crippen LogP contribution < -0.4 is 5.32 Å². The lowest BCUT2D eigenvalue weighted by atomic mass is 10.1. The smallest absolute Gasteiger partial charge is 0.410 e. The number of anilines is 1. The van der Waals surface area contributed by atoms with Crippen LogP contribution in [0.3, 0.4) is 0 Å². The van der Waals surface area contributed by atoms with Gasteiger partial charge in [-0.3, -0.25) is 0 Å². The summed E-state index contributed by atoms with van der Waals surface area (Å²) in [7, 11) is 0. The van der Waals surface area contributed by atoms with Gasteiger partial charge in [-0.25, -0.2) is 4.79 Å². The van der Waals surface area contributed by atoms with Gasteiger partial charge >= 0.3 is 6.09 Å². The van der Waals surface area contributed by atoms with Gasteiger partial charge in [-0.05, 0) is 40.0 Å². The van der Waals surface area contributed by atoms with Crippen LogP contribution in [-0.4, -0.2) is 45.9 Å². The van der Waals surface area contributed by atoms with Crippen molar-refractivity contribution in [2.45, 2.75) is 58.6 Å². The molecule has 118 valence electrons. The van der Waals surface area contributed by atoms with E-state index in [4.69, 9.17) is 4.74 Å². The zero-order valence-electron chi connectivity index (χ0n) is 13.2. The number of hydrogen-bond donors (Lipinski definition) is 1. The van der Waals surface area contributed by atoms with Gasteiger partial charge < -0.3 is 15.0 Å². The molecule has 1 N–H and O–H groups in total. The lowest BCUT2D eigenvalue weighted by Gasteiger charge is -2.34. The summed E-state index contributed by atoms with van der Waals surface area (Å²) in [6, 6.07) is 0.212. The zero-order chi connectivity index (χ0) is 15.5. The average molecular weight is 312 g/mol. The molecule has 1 aromatic heterocycles. The van der Waals surface area contributed by atoms with Gasteiger partial charge in [-0.2, -0.15) is 0 Å². The Morgan fingerprint density at radius 1 is 1.48 bits per heavy atom. The van der Waals surface area contributed by atoms with Gasteiger partial charge in [0.15, 0.2) is 0 Å². The van der Waals surface area contributed by atoms with Crippen LogP contribution >= 0.6 is 11.3 Å². The SMILES string of the molecule is CCc1nnc(NC2CCCN(C(=O)OC(C)(C)C)C2)s1. The molecule has 1 aliphatic heterocycles. The van der Waals surface area contributed by atoms with Crippen molar-refractivity contribution >= 4 is 22.6 Å². The molecule has 0 spiro atoms. The third-order valence-electron chi connectivity index (χ3n) is 3.17. The van der Waals surface area contributed by atoms with Crippen molar-refractivity contribution in [3.8, 4) is 0 Å². The summed E-state index contributed by atoms with van der Waals surface area (Å²) in [5.74, 6) is 0. The molecule has 1 saturated heterocycles. The second kappa shape index (κ2) is 6.60. The quantitative estimate of drug-likeness (QED) is 0.929. The number of hydrogen-bond acceptors (Lipinski definition) is 6. The topological polar surface area (TPSA) is 67.4 Å². The maximum Gasteiger partial charge on any atom is 0.410 e. The highest BCUT2D eigenvalue weighted by Gasteiger charge is 2.27. The van der Waals surface area contributed by atoms with Crippen molar-refractivity contribution in [3.63, 3.8) is 0 Å². The Balaban J connectivity index is 1.89. The standard InChI is InChI=1S/C14H24N4O2S/c1-5-11-16-17-12(21-11)15-10-7-6-8-18(9-10)13(19)20-14(2,3)4/h10H,5-9H2,1-4H3,(H,15,17). The first-order valence-corrected chi connectivity index (χ1v) is 8.26. The van der Waals surface area contributed by atoms with Crippen LogP contribution in [0.5, 0.6) is 0 Å². The highest BCUT2D eigenvalue weighted by atomic mass is 32.1. The fourth-order valence-electron chi connectivity index (χ4n) is 2.22. The fourth-order valence-corrected chi connectivity index (χ4v) is 2.97. The van der Waals surface area contributed by atoms with Crippen LogP contribution in [0.1, 0.15) is 45.5 Å². The summed E-state index contributed by atoms with van der Waals surface area (Å²) < 4.78 is 5.43. The Hall–Kier alpha value is -1.37. The van der Waals surface area contributed by atoms with Gasteiger partial charge in [-0.15, -0.1) is 10.2 Å². The number of ether oxygens (including phenoxy) is 1. The molecule has 0 saturated carbocycles. The largest absolute Gasteiger partial charge is 0.444 e. The van der Waals surface area contributed by atoms with Crippen molar-refractivity contribution in [1.82, 2.24) is 15.1 Å². The fraction of sp³-hybridized carbons (Fsp3) is 0.786. The molecular formula is C14H24N4O2S. The number of rotatable bonds is 3. The Kier molecular flexibility index (Phi) is 5.03. The highest BCUT2D eigenvalue weighted by Crippen LogP contribution is 2.21. The Morgan fingerprint density at radius 2 is 2.24 bits per heavy atom. The second-order valence-electron chi connectivity index (χ2n) is 6.26. The van der Waals surface area contributed by atoms with Gasteiger partial charge in [-0.1, -0.05) is 18.3 Å². The molecule has 0 aliphatic carbocycles. The van der Waals surface area contributed by atoms with Crippen molar-refractivity contribution in [1.29, 1.82) is 0 Å². The van der Waals surface area contributed by atoms with Crippen LogP contribution in [-0.2, 0) is 11.2 Å². The van der Waals surface area contributed by atoms with E-state index >= 15 is 0 Å². The minimum atomic E-state index is -0.452. The first-order chi connectivity index (χ1) is 9.87. The van der Waals surface area contributed by atoms with Gasteiger partial charge in [0.1, 0.15) is 10.6 Å². The molecule has 0 bridgehead atoms. The lowest BCUT2D eigenvalue weighted by Crippen LogP contribution is -2.46. The van der Waals surface area contributed by atoms with Crippen molar-refractivity contribution in [2.24, 2.45) is 0 Å². The third-order valence-corrected chi connectivity index (χ3v) is 4.17. The van der Waals surface area contributed by atoms with Gasteiger partial charge in [0.2, 0.25) is 5.13 Å². The maximum atomic E-state index is 12.1. The van der Waals surface area contributed by atoms with E-state index in [1.807, 2.05) is 20.8 Å². The van der Waals surface area contributed by atoms with Crippen molar-refractivity contribution in [2.75, 3.05) is 18.4 Å². The summed E-state index contributed by atoms with van der Waals surface area (Å²) in [4.78, 5) is 13.9. The summed E-state index contributed by atoms with van der Waals surface area (Å²) in [6.07, 6.45) is 2.66. The molecule has 1 unspecified atom stereocenters. The van der Waals surface area contributed by atoms with Crippen LogP contribution in [0.25, 0.3) is 0 Å². The minimum absolute atomic E-state index is 0.212. The number of aromatic nitrogens is 2. The number of carbonyl (C=O) groups is 1. The van der Waals surface area contributed by atoms with Crippen molar-refractivity contribution < 1.29 is 9.53 Å². The number of carbonyl (C=O) groups excluding carboxylic acids is 1. The molecule has 1 amide bonds. The van der Waals surface area contributed by atoms with E-state index in [2.05, 4.69) is 22.4 Å². The van der Waals surface area contributed by atoms with Crippen LogP contribution in [0.4, 0.5) is 9.93 Å². The molecule has 2 rings (SSSR count). The molecule has 2 heterocycles. The minimum Gasteiger partial charge on any atom is -0.444 e. The van der Waals surface area contributed by atoms with E-state index in [0.29, 0.717) is 6.54 Å². The number of nitrogens with one attached hydrogen (secondary N) is 1. The second-order valence-corrected chi connectivity index (χ2v) is 7.33. The maximum absolute atomic E-state index is 12.1. The molecule has 1 aliphatic rings. The number of piperidine rings is 1.